The van der Waals surface area contributed by atoms with Crippen LogP contribution in [0.4, 0.5) is 0 Å². The fraction of sp³-hybridized carbons (Fsp3) is 0.600. The number of rotatable bonds is 3. The first-order chi connectivity index (χ1) is 7.61. The summed E-state index contributed by atoms with van der Waals surface area (Å²) in [5.41, 5.74) is 0. The number of hydrogen-bond donors (Lipinski definition) is 0. The van der Waals surface area contributed by atoms with Gasteiger partial charge in [0.2, 0.25) is 5.76 Å². The minimum Gasteiger partial charge on any atom is -0.481 e. The predicted molar refractivity (Wildman–Crippen MR) is 56.5 cm³/mol. The van der Waals surface area contributed by atoms with Crippen LogP contribution in [0.1, 0.15) is 6.92 Å². The number of carbonyl (C=O) groups is 2. The van der Waals surface area contributed by atoms with E-state index >= 15 is 0 Å². The molecule has 0 aromatic carbocycles. The van der Waals surface area contributed by atoms with Gasteiger partial charge in [-0.25, -0.2) is 4.79 Å². The van der Waals surface area contributed by atoms with Crippen molar-refractivity contribution in [2.24, 2.45) is 11.8 Å². The van der Waals surface area contributed by atoms with Crippen LogP contribution in [0, 0.1) is 11.8 Å². The Morgan fingerprint density at radius 2 is 2.19 bits per heavy atom. The first-order valence-corrected chi connectivity index (χ1v) is 5.72. The van der Waals surface area contributed by atoms with Crippen molar-refractivity contribution >= 4 is 27.9 Å². The number of esters is 2. The highest BCUT2D eigenvalue weighted by Gasteiger charge is 2.65. The van der Waals surface area contributed by atoms with Crippen molar-refractivity contribution < 1.29 is 23.8 Å². The van der Waals surface area contributed by atoms with Crippen molar-refractivity contribution in [2.45, 2.75) is 13.0 Å². The van der Waals surface area contributed by atoms with Crippen LogP contribution in [0.3, 0.4) is 0 Å². The summed E-state index contributed by atoms with van der Waals surface area (Å²) in [6.07, 6.45) is -0.275. The molecule has 2 rings (SSSR count). The van der Waals surface area contributed by atoms with E-state index in [2.05, 4.69) is 20.7 Å². The fourth-order valence-electron chi connectivity index (χ4n) is 1.83. The smallest absolute Gasteiger partial charge is 0.374 e. The predicted octanol–water partition coefficient (Wildman–Crippen LogP) is 0.974. The van der Waals surface area contributed by atoms with Crippen molar-refractivity contribution in [3.05, 3.63) is 10.2 Å². The van der Waals surface area contributed by atoms with Gasteiger partial charge < -0.3 is 14.2 Å². The molecule has 0 saturated heterocycles. The van der Waals surface area contributed by atoms with Crippen LogP contribution in [0.2, 0.25) is 0 Å². The molecule has 0 amide bonds. The lowest BCUT2D eigenvalue weighted by molar-refractivity contribution is -0.147. The molecule has 1 fully saturated rings. The van der Waals surface area contributed by atoms with Gasteiger partial charge in [0.25, 0.3) is 0 Å². The third-order valence-electron chi connectivity index (χ3n) is 2.65. The Kier molecular flexibility index (Phi) is 2.92. The normalized spacial score (nSPS) is 30.6. The van der Waals surface area contributed by atoms with Gasteiger partial charge in [-0.15, -0.1) is 0 Å². The molecule has 0 unspecified atom stereocenters. The fourth-order valence-corrected chi connectivity index (χ4v) is 2.63. The number of carbonyl (C=O) groups excluding carboxylic acids is 2. The maximum atomic E-state index is 11.4. The lowest BCUT2D eigenvalue weighted by atomic mass is 10.3. The molecule has 88 valence electrons. The molecular weight excluding hydrogens is 280 g/mol. The summed E-state index contributed by atoms with van der Waals surface area (Å²) >= 11 is 3.26. The Labute approximate surface area is 101 Å². The summed E-state index contributed by atoms with van der Waals surface area (Å²) in [6, 6.07) is 0. The molecule has 0 spiro atoms. The van der Waals surface area contributed by atoms with Crippen molar-refractivity contribution in [3.63, 3.8) is 0 Å². The van der Waals surface area contributed by atoms with Gasteiger partial charge in [0, 0.05) is 5.92 Å². The van der Waals surface area contributed by atoms with E-state index in [-0.39, 0.29) is 29.7 Å². The van der Waals surface area contributed by atoms with Crippen LogP contribution >= 0.6 is 15.9 Å². The summed E-state index contributed by atoms with van der Waals surface area (Å²) in [5.74, 6) is -1.02. The van der Waals surface area contributed by atoms with Gasteiger partial charge in [-0.1, -0.05) is 15.9 Å². The minimum atomic E-state index is -0.526. The van der Waals surface area contributed by atoms with Gasteiger partial charge in [0.15, 0.2) is 0 Å². The SMILES string of the molecule is CCOC(=O)[C@@H]1[C@H]2OC(C(=O)OC)=C(Br)[C@H]21. The topological polar surface area (TPSA) is 61.8 Å². The third-order valence-corrected chi connectivity index (χ3v) is 3.54. The molecule has 0 aromatic rings. The highest BCUT2D eigenvalue weighted by molar-refractivity contribution is 9.11. The zero-order chi connectivity index (χ0) is 11.9. The van der Waals surface area contributed by atoms with E-state index in [4.69, 9.17) is 9.47 Å². The minimum absolute atomic E-state index is 0.0897. The van der Waals surface area contributed by atoms with Crippen LogP contribution in [0.25, 0.3) is 0 Å². The molecule has 0 bridgehead atoms. The summed E-state index contributed by atoms with van der Waals surface area (Å²) in [4.78, 5) is 22.7. The van der Waals surface area contributed by atoms with Gasteiger partial charge >= 0.3 is 11.9 Å². The molecule has 1 aliphatic carbocycles. The second kappa shape index (κ2) is 4.08. The summed E-state index contributed by atoms with van der Waals surface area (Å²) in [7, 11) is 1.28. The molecule has 6 heteroatoms. The molecule has 16 heavy (non-hydrogen) atoms. The van der Waals surface area contributed by atoms with Gasteiger partial charge in [-0.2, -0.15) is 0 Å². The van der Waals surface area contributed by atoms with Gasteiger partial charge in [0.1, 0.15) is 12.0 Å². The van der Waals surface area contributed by atoms with E-state index in [9.17, 15) is 9.59 Å². The van der Waals surface area contributed by atoms with Gasteiger partial charge in [0.05, 0.1) is 18.2 Å². The molecular formula is C10H11BrO5. The van der Waals surface area contributed by atoms with E-state index in [1.165, 1.54) is 7.11 Å². The molecule has 0 N–H and O–H groups in total. The monoisotopic (exact) mass is 290 g/mol. The highest BCUT2D eigenvalue weighted by atomic mass is 79.9. The Balaban J connectivity index is 2.05. The number of hydrogen-bond acceptors (Lipinski definition) is 5. The number of halogens is 1. The average Bonchev–Trinajstić information content (AvgIpc) is 2.89. The van der Waals surface area contributed by atoms with Gasteiger partial charge in [-0.3, -0.25) is 4.79 Å². The Hall–Kier alpha value is -1.04. The second-order valence-electron chi connectivity index (χ2n) is 3.55. The zero-order valence-corrected chi connectivity index (χ0v) is 10.4. The van der Waals surface area contributed by atoms with Crippen molar-refractivity contribution in [3.8, 4) is 0 Å². The molecule has 0 radical (unpaired) electrons. The van der Waals surface area contributed by atoms with E-state index < -0.39 is 5.97 Å². The maximum absolute atomic E-state index is 11.4. The lowest BCUT2D eigenvalue weighted by Crippen LogP contribution is -2.15. The molecule has 1 heterocycles. The molecule has 1 saturated carbocycles. The van der Waals surface area contributed by atoms with E-state index in [1.54, 1.807) is 6.92 Å². The third kappa shape index (κ3) is 1.61. The van der Waals surface area contributed by atoms with Crippen LogP contribution in [0.5, 0.6) is 0 Å². The van der Waals surface area contributed by atoms with Gasteiger partial charge in [-0.05, 0) is 6.92 Å². The molecule has 0 aromatic heterocycles. The highest BCUT2D eigenvalue weighted by Crippen LogP contribution is 2.56. The van der Waals surface area contributed by atoms with Crippen molar-refractivity contribution in [2.75, 3.05) is 13.7 Å². The van der Waals surface area contributed by atoms with E-state index in [0.29, 0.717) is 11.1 Å². The summed E-state index contributed by atoms with van der Waals surface area (Å²) in [6.45, 7) is 2.10. The average molecular weight is 291 g/mol. The Morgan fingerprint density at radius 3 is 2.62 bits per heavy atom. The quantitative estimate of drug-likeness (QED) is 0.725. The number of ether oxygens (including phenoxy) is 3. The maximum Gasteiger partial charge on any atom is 0.374 e. The first-order valence-electron chi connectivity index (χ1n) is 4.93. The van der Waals surface area contributed by atoms with E-state index in [0.717, 1.165) is 0 Å². The standard InChI is InChI=1S/C10H11BrO5/c1-3-15-9(12)5-4-6(11)8(10(13)14-2)16-7(4)5/h4-5,7H,3H2,1-2H3/t4-,5+,7+/m1/s1. The van der Waals surface area contributed by atoms with Crippen molar-refractivity contribution in [1.82, 2.24) is 0 Å². The van der Waals surface area contributed by atoms with Crippen molar-refractivity contribution in [1.29, 1.82) is 0 Å². The van der Waals surface area contributed by atoms with Crippen LogP contribution in [-0.2, 0) is 23.8 Å². The molecule has 3 atom stereocenters. The first kappa shape index (κ1) is 11.4. The van der Waals surface area contributed by atoms with E-state index in [1.807, 2.05) is 0 Å². The van der Waals surface area contributed by atoms with Crippen LogP contribution < -0.4 is 0 Å². The Bertz CT molecular complexity index is 375. The molecule has 5 nitrogen and oxygen atoms in total. The Morgan fingerprint density at radius 1 is 1.50 bits per heavy atom. The number of fused-ring (bicyclic) bond motifs is 1. The van der Waals surface area contributed by atoms with Crippen LogP contribution in [0.15, 0.2) is 10.2 Å². The zero-order valence-electron chi connectivity index (χ0n) is 8.86. The summed E-state index contributed by atoms with van der Waals surface area (Å²) in [5, 5.41) is 0. The summed E-state index contributed by atoms with van der Waals surface area (Å²) < 4.78 is 15.4. The largest absolute Gasteiger partial charge is 0.481 e. The van der Waals surface area contributed by atoms with Crippen LogP contribution in [-0.4, -0.2) is 31.8 Å². The number of methoxy groups -OCH3 is 1. The molecule has 2 aliphatic rings. The lowest BCUT2D eigenvalue weighted by Gasteiger charge is -2.07. The second-order valence-corrected chi connectivity index (χ2v) is 4.41. The molecule has 1 aliphatic heterocycles.